The molecule has 0 fully saturated rings. The Hall–Kier alpha value is -1.33. The summed E-state index contributed by atoms with van der Waals surface area (Å²) >= 11 is 0. The Labute approximate surface area is 72.1 Å². The number of rotatable bonds is 2. The molecule has 0 aliphatic rings. The summed E-state index contributed by atoms with van der Waals surface area (Å²) in [6.45, 7) is 1.91. The second-order valence-corrected chi connectivity index (χ2v) is 2.75. The summed E-state index contributed by atoms with van der Waals surface area (Å²) < 4.78 is 0. The molecular formula is C10H11NO. The topological polar surface area (TPSA) is 44.0 Å². The van der Waals surface area contributed by atoms with Gasteiger partial charge in [-0.25, -0.2) is 0 Å². The minimum absolute atomic E-state index is 0.0568. The van der Waals surface area contributed by atoms with Gasteiger partial charge < -0.3 is 5.11 Å². The minimum Gasteiger partial charge on any atom is -0.392 e. The van der Waals surface area contributed by atoms with Crippen LogP contribution < -0.4 is 0 Å². The number of hydrogen-bond acceptors (Lipinski definition) is 2. The van der Waals surface area contributed by atoms with Crippen molar-refractivity contribution in [1.29, 1.82) is 5.26 Å². The molecule has 0 heterocycles. The van der Waals surface area contributed by atoms with Gasteiger partial charge in [-0.15, -0.1) is 0 Å². The van der Waals surface area contributed by atoms with E-state index in [9.17, 15) is 0 Å². The van der Waals surface area contributed by atoms with E-state index in [0.29, 0.717) is 0 Å². The first-order chi connectivity index (χ1) is 5.77. The van der Waals surface area contributed by atoms with Gasteiger partial charge in [0.2, 0.25) is 0 Å². The number of benzene rings is 1. The van der Waals surface area contributed by atoms with Gasteiger partial charge in [-0.1, -0.05) is 24.3 Å². The van der Waals surface area contributed by atoms with E-state index in [1.54, 1.807) is 0 Å². The first kappa shape index (κ1) is 8.76. The summed E-state index contributed by atoms with van der Waals surface area (Å²) in [5.41, 5.74) is 1.87. The van der Waals surface area contributed by atoms with Gasteiger partial charge in [-0.3, -0.25) is 0 Å². The van der Waals surface area contributed by atoms with Crippen molar-refractivity contribution in [3.8, 4) is 6.07 Å². The molecule has 0 aliphatic carbocycles. The molecule has 62 valence electrons. The molecule has 1 rings (SSSR count). The zero-order chi connectivity index (χ0) is 8.97. The van der Waals surface area contributed by atoms with Crippen LogP contribution in [0.2, 0.25) is 0 Å². The molecule has 1 aromatic carbocycles. The number of aliphatic hydroxyl groups excluding tert-OH is 1. The highest BCUT2D eigenvalue weighted by Gasteiger charge is 2.01. The maximum atomic E-state index is 8.76. The molecular weight excluding hydrogens is 150 g/mol. The van der Waals surface area contributed by atoms with Crippen molar-refractivity contribution in [1.82, 2.24) is 0 Å². The van der Waals surface area contributed by atoms with Crippen LogP contribution in [0.4, 0.5) is 0 Å². The quantitative estimate of drug-likeness (QED) is 0.718. The van der Waals surface area contributed by atoms with Crippen LogP contribution in [0.1, 0.15) is 24.0 Å². The first-order valence-electron chi connectivity index (χ1n) is 3.87. The van der Waals surface area contributed by atoms with E-state index in [1.807, 2.05) is 31.2 Å². The Morgan fingerprint density at radius 3 is 2.42 bits per heavy atom. The normalized spacial score (nSPS) is 12.1. The van der Waals surface area contributed by atoms with Crippen molar-refractivity contribution in [2.45, 2.75) is 19.4 Å². The summed E-state index contributed by atoms with van der Waals surface area (Å²) in [6.07, 6.45) is 0. The highest BCUT2D eigenvalue weighted by atomic mass is 16.3. The van der Waals surface area contributed by atoms with Crippen molar-refractivity contribution in [2.75, 3.05) is 0 Å². The second kappa shape index (κ2) is 3.89. The Kier molecular flexibility index (Phi) is 2.84. The summed E-state index contributed by atoms with van der Waals surface area (Å²) in [5, 5.41) is 17.4. The SMILES string of the molecule is CC(C#N)c1ccc(CO)cc1. The molecule has 0 aromatic heterocycles. The van der Waals surface area contributed by atoms with E-state index in [2.05, 4.69) is 6.07 Å². The molecule has 0 radical (unpaired) electrons. The van der Waals surface area contributed by atoms with Gasteiger partial charge in [-0.05, 0) is 18.1 Å². The molecule has 0 bridgehead atoms. The number of nitrogens with zero attached hydrogens (tertiary/aromatic N) is 1. The number of nitriles is 1. The van der Waals surface area contributed by atoms with Crippen molar-refractivity contribution < 1.29 is 5.11 Å². The van der Waals surface area contributed by atoms with Crippen molar-refractivity contribution >= 4 is 0 Å². The molecule has 1 atom stereocenters. The van der Waals surface area contributed by atoms with Crippen LogP contribution in [-0.2, 0) is 6.61 Å². The van der Waals surface area contributed by atoms with Crippen molar-refractivity contribution in [2.24, 2.45) is 0 Å². The Morgan fingerprint density at radius 1 is 1.42 bits per heavy atom. The number of aliphatic hydroxyl groups is 1. The van der Waals surface area contributed by atoms with Gasteiger partial charge in [0.05, 0.1) is 18.6 Å². The van der Waals surface area contributed by atoms with Crippen LogP contribution in [0, 0.1) is 11.3 Å². The fourth-order valence-corrected chi connectivity index (χ4v) is 0.986. The molecule has 0 saturated heterocycles. The third-order valence-corrected chi connectivity index (χ3v) is 1.86. The molecule has 0 amide bonds. The highest BCUT2D eigenvalue weighted by Crippen LogP contribution is 2.14. The average molecular weight is 161 g/mol. The lowest BCUT2D eigenvalue weighted by molar-refractivity contribution is 0.282. The molecule has 0 saturated carbocycles. The average Bonchev–Trinajstić information content (AvgIpc) is 2.17. The predicted octanol–water partition coefficient (Wildman–Crippen LogP) is 1.81. The monoisotopic (exact) mass is 161 g/mol. The lowest BCUT2D eigenvalue weighted by Crippen LogP contribution is -1.90. The molecule has 1 unspecified atom stereocenters. The van der Waals surface area contributed by atoms with Crippen LogP contribution >= 0.6 is 0 Å². The van der Waals surface area contributed by atoms with Gasteiger partial charge in [0.1, 0.15) is 0 Å². The maximum Gasteiger partial charge on any atom is 0.0700 e. The van der Waals surface area contributed by atoms with E-state index in [4.69, 9.17) is 10.4 Å². The van der Waals surface area contributed by atoms with E-state index in [0.717, 1.165) is 11.1 Å². The molecule has 1 N–H and O–H groups in total. The zero-order valence-corrected chi connectivity index (χ0v) is 6.99. The molecule has 0 aliphatic heterocycles. The van der Waals surface area contributed by atoms with Gasteiger partial charge >= 0.3 is 0 Å². The second-order valence-electron chi connectivity index (χ2n) is 2.75. The molecule has 1 aromatic rings. The van der Waals surface area contributed by atoms with Crippen LogP contribution in [0.3, 0.4) is 0 Å². The molecule has 12 heavy (non-hydrogen) atoms. The minimum atomic E-state index is -0.0715. The lowest BCUT2D eigenvalue weighted by Gasteiger charge is -2.02. The highest BCUT2D eigenvalue weighted by molar-refractivity contribution is 5.27. The number of hydrogen-bond donors (Lipinski definition) is 1. The van der Waals surface area contributed by atoms with Gasteiger partial charge in [0.25, 0.3) is 0 Å². The van der Waals surface area contributed by atoms with Crippen LogP contribution in [0.5, 0.6) is 0 Å². The largest absolute Gasteiger partial charge is 0.392 e. The van der Waals surface area contributed by atoms with E-state index < -0.39 is 0 Å². The Bertz CT molecular complexity index is 284. The zero-order valence-electron chi connectivity index (χ0n) is 6.99. The lowest BCUT2D eigenvalue weighted by atomic mass is 10.0. The smallest absolute Gasteiger partial charge is 0.0700 e. The third kappa shape index (κ3) is 1.84. The van der Waals surface area contributed by atoms with Crippen LogP contribution in [0.25, 0.3) is 0 Å². The standard InChI is InChI=1S/C10H11NO/c1-8(6-11)10-4-2-9(7-12)3-5-10/h2-5,8,12H,7H2,1H3. The Balaban J connectivity index is 2.86. The van der Waals surface area contributed by atoms with Crippen molar-refractivity contribution in [3.05, 3.63) is 35.4 Å². The summed E-state index contributed by atoms with van der Waals surface area (Å²) in [7, 11) is 0. The fourth-order valence-electron chi connectivity index (χ4n) is 0.986. The van der Waals surface area contributed by atoms with Crippen molar-refractivity contribution in [3.63, 3.8) is 0 Å². The Morgan fingerprint density at radius 2 is 2.00 bits per heavy atom. The van der Waals surface area contributed by atoms with E-state index in [-0.39, 0.29) is 12.5 Å². The van der Waals surface area contributed by atoms with E-state index >= 15 is 0 Å². The van der Waals surface area contributed by atoms with Gasteiger partial charge in [0.15, 0.2) is 0 Å². The summed E-state index contributed by atoms with van der Waals surface area (Å²) in [5.74, 6) is -0.0715. The molecule has 2 nitrogen and oxygen atoms in total. The first-order valence-corrected chi connectivity index (χ1v) is 3.87. The fraction of sp³-hybridized carbons (Fsp3) is 0.300. The van der Waals surface area contributed by atoms with Gasteiger partial charge in [0, 0.05) is 0 Å². The molecule has 0 spiro atoms. The van der Waals surface area contributed by atoms with E-state index in [1.165, 1.54) is 0 Å². The summed E-state index contributed by atoms with van der Waals surface area (Å²) in [6, 6.07) is 9.58. The van der Waals surface area contributed by atoms with Crippen LogP contribution in [0.15, 0.2) is 24.3 Å². The maximum absolute atomic E-state index is 8.76. The molecule has 2 heteroatoms. The van der Waals surface area contributed by atoms with Crippen LogP contribution in [-0.4, -0.2) is 5.11 Å². The predicted molar refractivity (Wildman–Crippen MR) is 46.4 cm³/mol. The third-order valence-electron chi connectivity index (χ3n) is 1.86. The van der Waals surface area contributed by atoms with Gasteiger partial charge in [-0.2, -0.15) is 5.26 Å². The summed E-state index contributed by atoms with van der Waals surface area (Å²) in [4.78, 5) is 0.